The first-order valence-corrected chi connectivity index (χ1v) is 12.0. The second kappa shape index (κ2) is 5.71. The van der Waals surface area contributed by atoms with Crippen molar-refractivity contribution in [3.8, 4) is 0 Å². The van der Waals surface area contributed by atoms with Crippen LogP contribution in [0.15, 0.2) is 12.7 Å². The normalized spacial score (nSPS) is 33.4. The van der Waals surface area contributed by atoms with Crippen molar-refractivity contribution in [3.63, 3.8) is 0 Å². The van der Waals surface area contributed by atoms with Crippen LogP contribution in [-0.4, -0.2) is 68.6 Å². The molecule has 4 N–H and O–H groups in total. The fourth-order valence-electron chi connectivity index (χ4n) is 3.77. The summed E-state index contributed by atoms with van der Waals surface area (Å²) in [5, 5.41) is 20.5. The van der Waals surface area contributed by atoms with E-state index in [2.05, 4.69) is 48.8 Å². The van der Waals surface area contributed by atoms with Crippen molar-refractivity contribution in [2.45, 2.75) is 68.9 Å². The Morgan fingerprint density at radius 3 is 2.67 bits per heavy atom. The van der Waals surface area contributed by atoms with Gasteiger partial charge in [-0.05, 0) is 18.1 Å². The van der Waals surface area contributed by atoms with Crippen LogP contribution in [0.4, 0.5) is 5.82 Å². The number of aliphatic hydroxyl groups is 2. The molecular weight excluding hydrogens is 366 g/mol. The Morgan fingerprint density at radius 2 is 2.04 bits per heavy atom. The van der Waals surface area contributed by atoms with Gasteiger partial charge in [0.05, 0.1) is 19.0 Å². The predicted molar refractivity (Wildman–Crippen MR) is 102 cm³/mol. The van der Waals surface area contributed by atoms with E-state index in [1.165, 1.54) is 6.33 Å². The molecule has 148 valence electrons. The molecule has 2 aliphatic rings. The Balaban J connectivity index is 1.77. The van der Waals surface area contributed by atoms with Gasteiger partial charge in [0.2, 0.25) is 0 Å². The van der Waals surface area contributed by atoms with Gasteiger partial charge in [-0.2, -0.15) is 0 Å². The number of rotatable bonds is 4. The number of fused-ring (bicyclic) bond motifs is 2. The van der Waals surface area contributed by atoms with Crippen LogP contribution in [0.2, 0.25) is 18.1 Å². The van der Waals surface area contributed by atoms with Crippen LogP contribution in [0.25, 0.3) is 11.2 Å². The minimum atomic E-state index is -2.23. The molecule has 3 heterocycles. The molecule has 0 bridgehead atoms. The highest BCUT2D eigenvalue weighted by molar-refractivity contribution is 6.74. The Hall–Kier alpha value is -1.59. The Bertz CT molecular complexity index is 882. The van der Waals surface area contributed by atoms with Crippen LogP contribution >= 0.6 is 0 Å². The van der Waals surface area contributed by atoms with Crippen LogP contribution in [0.5, 0.6) is 0 Å². The summed E-state index contributed by atoms with van der Waals surface area (Å²) in [6.45, 7) is 10.5. The largest absolute Gasteiger partial charge is 0.404 e. The number of hydrogen-bond donors (Lipinski definition) is 3. The van der Waals surface area contributed by atoms with Gasteiger partial charge in [-0.1, -0.05) is 20.8 Å². The number of hydrogen-bond acceptors (Lipinski definition) is 8. The molecule has 9 nitrogen and oxygen atoms in total. The summed E-state index contributed by atoms with van der Waals surface area (Å²) >= 11 is 0. The molecule has 4 rings (SSSR count). The number of aliphatic hydroxyl groups excluding tert-OH is 2. The number of imidazole rings is 1. The molecule has 0 amide bonds. The van der Waals surface area contributed by atoms with Crippen LogP contribution in [0, 0.1) is 0 Å². The van der Waals surface area contributed by atoms with E-state index in [4.69, 9.17) is 14.9 Å². The molecule has 0 spiro atoms. The maximum atomic E-state index is 11.0. The summed E-state index contributed by atoms with van der Waals surface area (Å²) in [5.41, 5.74) is 6.07. The van der Waals surface area contributed by atoms with E-state index in [1.54, 1.807) is 6.33 Å². The minimum absolute atomic E-state index is 0.0416. The molecule has 0 radical (unpaired) electrons. The number of ether oxygens (including phenoxy) is 1. The van der Waals surface area contributed by atoms with Gasteiger partial charge in [0.1, 0.15) is 35.8 Å². The second-order valence-electron chi connectivity index (χ2n) is 8.97. The molecule has 5 atom stereocenters. The van der Waals surface area contributed by atoms with Gasteiger partial charge in [0.25, 0.3) is 0 Å². The van der Waals surface area contributed by atoms with E-state index in [0.29, 0.717) is 17.0 Å². The third-order valence-corrected chi connectivity index (χ3v) is 10.8. The van der Waals surface area contributed by atoms with Gasteiger partial charge >= 0.3 is 0 Å². The van der Waals surface area contributed by atoms with E-state index < -0.39 is 26.1 Å². The first-order valence-electron chi connectivity index (χ1n) is 9.12. The number of nitrogens with zero attached hydrogens (tertiary/aromatic N) is 4. The highest BCUT2D eigenvalue weighted by Crippen LogP contribution is 2.63. The molecule has 3 unspecified atom stereocenters. The van der Waals surface area contributed by atoms with Gasteiger partial charge in [-0.15, -0.1) is 0 Å². The van der Waals surface area contributed by atoms with Gasteiger partial charge in [-0.25, -0.2) is 15.0 Å². The summed E-state index contributed by atoms with van der Waals surface area (Å²) in [4.78, 5) is 12.6. The molecule has 1 aliphatic carbocycles. The standard InChI is InChI=1S/C17H27N5O4Si/c1-16(2,3)27(4,5)26-17-11(13(17)25-9(6-23)12(17)24)22-8-21-10-14(18)19-7-20-15(10)22/h7-9,11-13,23-24H,6H2,1-5H3,(H2,18,19,20)/t9-,11-,12?,13?,17?/m1/s1. The van der Waals surface area contributed by atoms with E-state index in [-0.39, 0.29) is 23.8 Å². The summed E-state index contributed by atoms with van der Waals surface area (Å²) in [6.07, 6.45) is 1.05. The lowest BCUT2D eigenvalue weighted by Crippen LogP contribution is -2.51. The van der Waals surface area contributed by atoms with Crippen molar-refractivity contribution in [3.05, 3.63) is 12.7 Å². The summed E-state index contributed by atoms with van der Waals surface area (Å²) in [7, 11) is -2.23. The van der Waals surface area contributed by atoms with Gasteiger partial charge in [0.15, 0.2) is 19.8 Å². The third-order valence-electron chi connectivity index (χ3n) is 6.33. The zero-order valence-corrected chi connectivity index (χ0v) is 17.2. The lowest BCUT2D eigenvalue weighted by Gasteiger charge is -2.40. The Labute approximate surface area is 158 Å². The maximum Gasteiger partial charge on any atom is 0.193 e. The Kier molecular flexibility index (Phi) is 3.96. The van der Waals surface area contributed by atoms with Crippen LogP contribution in [-0.2, 0) is 9.16 Å². The number of nitrogen functional groups attached to an aromatic ring is 1. The molecule has 1 saturated carbocycles. The topological polar surface area (TPSA) is 129 Å². The molecule has 2 aromatic rings. The monoisotopic (exact) mass is 393 g/mol. The molecule has 1 saturated heterocycles. The number of nitrogens with two attached hydrogens (primary N) is 1. The first kappa shape index (κ1) is 18.8. The molecule has 1 aliphatic heterocycles. The first-order chi connectivity index (χ1) is 12.5. The SMILES string of the molecule is CC(C)(C)[Si](C)(C)OC12C(O)[C@@H](CO)OC1[C@H]2n1cnc2c(N)ncnc21. The van der Waals surface area contributed by atoms with Gasteiger partial charge in [-0.3, -0.25) is 0 Å². The fraction of sp³-hybridized carbons (Fsp3) is 0.706. The van der Waals surface area contributed by atoms with E-state index in [0.717, 1.165) is 0 Å². The van der Waals surface area contributed by atoms with E-state index in [1.807, 2.05) is 4.57 Å². The average molecular weight is 394 g/mol. The van der Waals surface area contributed by atoms with Crippen molar-refractivity contribution < 1.29 is 19.4 Å². The van der Waals surface area contributed by atoms with Crippen LogP contribution in [0.3, 0.4) is 0 Å². The average Bonchev–Trinajstić information content (AvgIpc) is 2.88. The lowest BCUT2D eigenvalue weighted by molar-refractivity contribution is -0.0581. The highest BCUT2D eigenvalue weighted by atomic mass is 28.4. The Morgan fingerprint density at radius 1 is 1.33 bits per heavy atom. The number of aromatic nitrogens is 4. The zero-order valence-electron chi connectivity index (χ0n) is 16.2. The van der Waals surface area contributed by atoms with Crippen molar-refractivity contribution in [1.29, 1.82) is 0 Å². The summed E-state index contributed by atoms with van der Waals surface area (Å²) in [6, 6.07) is -0.288. The van der Waals surface area contributed by atoms with E-state index >= 15 is 0 Å². The van der Waals surface area contributed by atoms with Crippen molar-refractivity contribution in [2.24, 2.45) is 0 Å². The molecule has 10 heteroatoms. The summed E-state index contributed by atoms with van der Waals surface area (Å²) in [5.74, 6) is 0.304. The lowest BCUT2D eigenvalue weighted by atomic mass is 10.1. The summed E-state index contributed by atoms with van der Waals surface area (Å²) < 4.78 is 14.5. The fourth-order valence-corrected chi connectivity index (χ4v) is 5.31. The van der Waals surface area contributed by atoms with Gasteiger partial charge < -0.3 is 29.7 Å². The molecule has 0 aromatic carbocycles. The number of anilines is 1. The predicted octanol–water partition coefficient (Wildman–Crippen LogP) is 0.844. The van der Waals surface area contributed by atoms with Crippen molar-refractivity contribution in [1.82, 2.24) is 19.5 Å². The molecular formula is C17H27N5O4Si. The zero-order chi connectivity index (χ0) is 19.8. The molecule has 2 fully saturated rings. The quantitative estimate of drug-likeness (QED) is 0.652. The maximum absolute atomic E-state index is 11.0. The second-order valence-corrected chi connectivity index (χ2v) is 13.7. The minimum Gasteiger partial charge on any atom is -0.404 e. The van der Waals surface area contributed by atoms with Crippen molar-refractivity contribution in [2.75, 3.05) is 12.3 Å². The van der Waals surface area contributed by atoms with Crippen molar-refractivity contribution >= 4 is 25.3 Å². The van der Waals surface area contributed by atoms with Crippen LogP contribution in [0.1, 0.15) is 26.8 Å². The highest BCUT2D eigenvalue weighted by Gasteiger charge is 2.80. The van der Waals surface area contributed by atoms with Crippen LogP contribution < -0.4 is 5.73 Å². The smallest absolute Gasteiger partial charge is 0.193 e. The van der Waals surface area contributed by atoms with E-state index in [9.17, 15) is 10.2 Å². The molecule has 27 heavy (non-hydrogen) atoms. The third kappa shape index (κ3) is 2.47. The van der Waals surface area contributed by atoms with Gasteiger partial charge in [0, 0.05) is 0 Å². The molecule has 2 aromatic heterocycles.